The van der Waals surface area contributed by atoms with Gasteiger partial charge in [0.05, 0.1) is 8.07 Å². The Hall–Kier alpha value is 0.797. The van der Waals surface area contributed by atoms with Crippen LogP contribution in [-0.4, -0.2) is 19.1 Å². The molecule has 112 valence electrons. The van der Waals surface area contributed by atoms with Gasteiger partial charge in [-0.1, -0.05) is 77.0 Å². The molecule has 3 heteroatoms. The molecule has 0 nitrogen and oxygen atoms in total. The van der Waals surface area contributed by atoms with E-state index in [0.29, 0.717) is 0 Å². The third-order valence-electron chi connectivity index (χ3n) is 5.83. The van der Waals surface area contributed by atoms with Gasteiger partial charge in [-0.15, -0.1) is 23.2 Å². The van der Waals surface area contributed by atoms with Crippen LogP contribution in [0.2, 0.25) is 11.1 Å². The Bertz CT molecular complexity index is 215. The SMILES string of the molecule is ClC[Si](CCl)(C1CCCCCC1)C1CCCCCC1. The van der Waals surface area contributed by atoms with E-state index in [0.717, 1.165) is 22.1 Å². The first-order chi connectivity index (χ1) is 9.33. The van der Waals surface area contributed by atoms with E-state index in [1.165, 1.54) is 77.0 Å². The van der Waals surface area contributed by atoms with Crippen LogP contribution < -0.4 is 0 Å². The van der Waals surface area contributed by atoms with Crippen molar-refractivity contribution >= 4 is 31.3 Å². The van der Waals surface area contributed by atoms with Crippen LogP contribution in [0.5, 0.6) is 0 Å². The van der Waals surface area contributed by atoms with E-state index in [-0.39, 0.29) is 0 Å². The lowest BCUT2D eigenvalue weighted by Crippen LogP contribution is -2.50. The monoisotopic (exact) mass is 320 g/mol. The first-order valence-corrected chi connectivity index (χ1v) is 12.1. The predicted molar refractivity (Wildman–Crippen MR) is 90.1 cm³/mol. The summed E-state index contributed by atoms with van der Waals surface area (Å²) in [6.45, 7) is 0. The Kier molecular flexibility index (Phi) is 7.06. The van der Waals surface area contributed by atoms with Crippen LogP contribution >= 0.6 is 23.2 Å². The highest BCUT2D eigenvalue weighted by molar-refractivity contribution is 6.91. The molecular weight excluding hydrogens is 291 g/mol. The zero-order valence-corrected chi connectivity index (χ0v) is 14.8. The standard InChI is InChI=1S/C16H30Cl2Si/c17-13-19(14-18,15-9-5-1-2-6-10-15)16-11-7-3-4-8-12-16/h15-16H,1-14H2. The maximum atomic E-state index is 6.57. The van der Waals surface area contributed by atoms with Crippen LogP contribution in [0.3, 0.4) is 0 Å². The zero-order chi connectivity index (χ0) is 13.6. The molecule has 0 amide bonds. The third kappa shape index (κ3) is 3.92. The van der Waals surface area contributed by atoms with Crippen molar-refractivity contribution in [2.75, 3.05) is 11.0 Å². The minimum absolute atomic E-state index is 0.922. The number of halogens is 2. The zero-order valence-electron chi connectivity index (χ0n) is 12.3. The van der Waals surface area contributed by atoms with E-state index in [4.69, 9.17) is 23.2 Å². The van der Waals surface area contributed by atoms with Gasteiger partial charge in [-0.2, -0.15) is 0 Å². The van der Waals surface area contributed by atoms with Gasteiger partial charge in [-0.05, 0) is 11.1 Å². The van der Waals surface area contributed by atoms with E-state index >= 15 is 0 Å². The molecule has 0 aromatic carbocycles. The number of hydrogen-bond acceptors (Lipinski definition) is 0. The Morgan fingerprint density at radius 1 is 0.579 bits per heavy atom. The van der Waals surface area contributed by atoms with Crippen LogP contribution in [0, 0.1) is 0 Å². The van der Waals surface area contributed by atoms with Crippen molar-refractivity contribution in [2.45, 2.75) is 88.1 Å². The molecule has 2 rings (SSSR count). The van der Waals surface area contributed by atoms with Crippen molar-refractivity contribution in [3.05, 3.63) is 0 Å². The molecule has 0 saturated heterocycles. The fraction of sp³-hybridized carbons (Fsp3) is 1.00. The lowest BCUT2D eigenvalue weighted by Gasteiger charge is -2.42. The second-order valence-electron chi connectivity index (χ2n) is 6.88. The van der Waals surface area contributed by atoms with E-state index in [2.05, 4.69) is 0 Å². The largest absolute Gasteiger partial charge is 0.130 e. The van der Waals surface area contributed by atoms with Gasteiger partial charge in [-0.3, -0.25) is 0 Å². The molecule has 2 fully saturated rings. The predicted octanol–water partition coefficient (Wildman–Crippen LogP) is 6.44. The van der Waals surface area contributed by atoms with Gasteiger partial charge in [0.25, 0.3) is 0 Å². The van der Waals surface area contributed by atoms with Gasteiger partial charge in [-0.25, -0.2) is 0 Å². The summed E-state index contributed by atoms with van der Waals surface area (Å²) in [6.07, 6.45) is 17.2. The first-order valence-electron chi connectivity index (χ1n) is 8.45. The maximum absolute atomic E-state index is 6.57. The molecule has 0 bridgehead atoms. The highest BCUT2D eigenvalue weighted by atomic mass is 35.5. The topological polar surface area (TPSA) is 0 Å². The molecule has 19 heavy (non-hydrogen) atoms. The summed E-state index contributed by atoms with van der Waals surface area (Å²) in [5.41, 5.74) is 3.69. The van der Waals surface area contributed by atoms with Crippen LogP contribution in [0.25, 0.3) is 0 Å². The Morgan fingerprint density at radius 3 is 1.16 bits per heavy atom. The van der Waals surface area contributed by atoms with Crippen LogP contribution in [0.15, 0.2) is 0 Å². The van der Waals surface area contributed by atoms with E-state index in [1.807, 2.05) is 0 Å². The van der Waals surface area contributed by atoms with Crippen molar-refractivity contribution in [3.8, 4) is 0 Å². The molecular formula is C16H30Cl2Si. The number of hydrogen-bond donors (Lipinski definition) is 0. The van der Waals surface area contributed by atoms with Crippen LogP contribution in [0.1, 0.15) is 77.0 Å². The third-order valence-corrected chi connectivity index (χ3v) is 14.2. The van der Waals surface area contributed by atoms with Gasteiger partial charge in [0, 0.05) is 11.0 Å². The molecule has 0 unspecified atom stereocenters. The molecule has 0 aliphatic heterocycles. The van der Waals surface area contributed by atoms with Crippen LogP contribution in [-0.2, 0) is 0 Å². The average molecular weight is 321 g/mol. The van der Waals surface area contributed by atoms with Crippen molar-refractivity contribution in [2.24, 2.45) is 0 Å². The lowest BCUT2D eigenvalue weighted by atomic mass is 10.2. The maximum Gasteiger partial charge on any atom is 0.0919 e. The smallest absolute Gasteiger partial charge is 0.0919 e. The molecule has 0 aromatic heterocycles. The summed E-state index contributed by atoms with van der Waals surface area (Å²) in [6, 6.07) is 0. The summed E-state index contributed by atoms with van der Waals surface area (Å²) in [5.74, 6) is 0. The van der Waals surface area contributed by atoms with Crippen molar-refractivity contribution in [1.82, 2.24) is 0 Å². The van der Waals surface area contributed by atoms with Crippen molar-refractivity contribution < 1.29 is 0 Å². The molecule has 2 aliphatic carbocycles. The molecule has 0 atom stereocenters. The summed E-state index contributed by atoms with van der Waals surface area (Å²) in [4.78, 5) is 0. The molecule has 0 radical (unpaired) electrons. The second kappa shape index (κ2) is 8.29. The van der Waals surface area contributed by atoms with E-state index in [9.17, 15) is 0 Å². The fourth-order valence-corrected chi connectivity index (χ4v) is 12.7. The second-order valence-corrected chi connectivity index (χ2v) is 13.1. The Morgan fingerprint density at radius 2 is 0.895 bits per heavy atom. The normalized spacial score (nSPS) is 24.9. The Balaban J connectivity index is 2.13. The quantitative estimate of drug-likeness (QED) is 0.317. The van der Waals surface area contributed by atoms with E-state index < -0.39 is 8.07 Å². The van der Waals surface area contributed by atoms with Gasteiger partial charge in [0.15, 0.2) is 0 Å². The molecule has 0 aromatic rings. The molecule has 2 saturated carbocycles. The van der Waals surface area contributed by atoms with Gasteiger partial charge >= 0.3 is 0 Å². The summed E-state index contributed by atoms with van der Waals surface area (Å²) >= 11 is 13.1. The highest BCUT2D eigenvalue weighted by Gasteiger charge is 2.45. The van der Waals surface area contributed by atoms with E-state index in [1.54, 1.807) is 0 Å². The Labute approximate surface area is 130 Å². The summed E-state index contributed by atoms with van der Waals surface area (Å²) in [7, 11) is -1.48. The molecule has 0 heterocycles. The summed E-state index contributed by atoms with van der Waals surface area (Å²) in [5, 5.41) is 0. The number of rotatable bonds is 4. The van der Waals surface area contributed by atoms with Crippen LogP contribution in [0.4, 0.5) is 0 Å². The van der Waals surface area contributed by atoms with Gasteiger partial charge in [0.2, 0.25) is 0 Å². The average Bonchev–Trinajstić information content (AvgIpc) is 2.86. The molecule has 0 N–H and O–H groups in total. The van der Waals surface area contributed by atoms with Gasteiger partial charge < -0.3 is 0 Å². The fourth-order valence-electron chi connectivity index (χ4n) is 4.51. The minimum atomic E-state index is -1.48. The lowest BCUT2D eigenvalue weighted by molar-refractivity contribution is 0.609. The van der Waals surface area contributed by atoms with Gasteiger partial charge in [0.1, 0.15) is 0 Å². The molecule has 2 aliphatic rings. The van der Waals surface area contributed by atoms with Crippen molar-refractivity contribution in [3.63, 3.8) is 0 Å². The molecule has 0 spiro atoms. The minimum Gasteiger partial charge on any atom is -0.130 e. The summed E-state index contributed by atoms with van der Waals surface area (Å²) < 4.78 is 0. The number of alkyl halides is 2. The van der Waals surface area contributed by atoms with Crippen molar-refractivity contribution in [1.29, 1.82) is 0 Å². The highest BCUT2D eigenvalue weighted by Crippen LogP contribution is 2.48. The first kappa shape index (κ1) is 16.2.